The molecule has 2 aliphatic rings. The highest BCUT2D eigenvalue weighted by atomic mass is 15.3. The van der Waals surface area contributed by atoms with Crippen LogP contribution in [0.3, 0.4) is 0 Å². The number of H-pyrrole nitrogens is 1. The van der Waals surface area contributed by atoms with E-state index < -0.39 is 0 Å². The molecule has 1 N–H and O–H groups in total. The Morgan fingerprint density at radius 3 is 2.84 bits per heavy atom. The number of aromatic amines is 1. The van der Waals surface area contributed by atoms with Crippen molar-refractivity contribution in [2.24, 2.45) is 0 Å². The molecule has 1 spiro atoms. The molecular weight excluding hydrogens is 310 g/mol. The molecule has 0 bridgehead atoms. The molecule has 3 aromatic rings. The van der Waals surface area contributed by atoms with Crippen LogP contribution in [0.15, 0.2) is 18.3 Å². The number of aryl methyl sites for hydroxylation is 3. The van der Waals surface area contributed by atoms with Crippen LogP contribution in [0, 0.1) is 13.8 Å². The molecule has 25 heavy (non-hydrogen) atoms. The predicted molar refractivity (Wildman–Crippen MR) is 99.8 cm³/mol. The smallest absolute Gasteiger partial charge is 0.137 e. The maximum absolute atomic E-state index is 4.96. The Hall–Kier alpha value is -2.14. The topological polar surface area (TPSA) is 49.7 Å². The molecular formula is C20H25N5. The minimum Gasteiger partial charge on any atom is -0.343 e. The summed E-state index contributed by atoms with van der Waals surface area (Å²) in [5.41, 5.74) is 7.36. The zero-order valence-electron chi connectivity index (χ0n) is 15.3. The third-order valence-electron chi connectivity index (χ3n) is 6.35. The summed E-state index contributed by atoms with van der Waals surface area (Å²) in [6, 6.07) is 4.57. The van der Waals surface area contributed by atoms with E-state index >= 15 is 0 Å². The molecule has 1 atom stereocenters. The van der Waals surface area contributed by atoms with E-state index in [2.05, 4.69) is 52.6 Å². The Labute approximate surface area is 148 Å². The van der Waals surface area contributed by atoms with Gasteiger partial charge in [-0.2, -0.15) is 5.10 Å². The van der Waals surface area contributed by atoms with Crippen molar-refractivity contribution in [3.05, 3.63) is 35.3 Å². The molecule has 5 heterocycles. The number of fused-ring (bicyclic) bond motifs is 3. The molecule has 3 aromatic heterocycles. The van der Waals surface area contributed by atoms with E-state index in [1.165, 1.54) is 48.1 Å². The standard InChI is InChI=1S/C20H25N5/c1-13-14(2)22-19-16(13)9-15(11-21-19)17-10-18-20(6-8-24(3)12-20)5-4-7-25(18)23-17/h9-11H,4-8,12H2,1-3H3,(H,21,22). The summed E-state index contributed by atoms with van der Waals surface area (Å²) in [7, 11) is 2.24. The van der Waals surface area contributed by atoms with Crippen LogP contribution in [0.1, 0.15) is 36.2 Å². The van der Waals surface area contributed by atoms with Crippen molar-refractivity contribution < 1.29 is 0 Å². The van der Waals surface area contributed by atoms with Crippen LogP contribution in [0.4, 0.5) is 0 Å². The van der Waals surface area contributed by atoms with E-state index in [1.807, 2.05) is 6.20 Å². The van der Waals surface area contributed by atoms with Gasteiger partial charge in [-0.1, -0.05) is 0 Å². The lowest BCUT2D eigenvalue weighted by Gasteiger charge is -2.33. The predicted octanol–water partition coefficient (Wildman–Crippen LogP) is 3.41. The maximum atomic E-state index is 4.96. The van der Waals surface area contributed by atoms with Crippen molar-refractivity contribution in [3.63, 3.8) is 0 Å². The number of nitrogens with zero attached hydrogens (tertiary/aromatic N) is 4. The summed E-state index contributed by atoms with van der Waals surface area (Å²) in [5, 5.41) is 6.16. The van der Waals surface area contributed by atoms with E-state index in [0.717, 1.165) is 30.0 Å². The van der Waals surface area contributed by atoms with Crippen molar-refractivity contribution in [1.82, 2.24) is 24.6 Å². The second-order valence-electron chi connectivity index (χ2n) is 8.00. The lowest BCUT2D eigenvalue weighted by molar-refractivity contribution is 0.289. The molecule has 130 valence electrons. The lowest BCUT2D eigenvalue weighted by Crippen LogP contribution is -2.36. The first-order valence-electron chi connectivity index (χ1n) is 9.28. The van der Waals surface area contributed by atoms with Crippen molar-refractivity contribution >= 4 is 11.0 Å². The first kappa shape index (κ1) is 15.1. The van der Waals surface area contributed by atoms with Gasteiger partial charge in [-0.15, -0.1) is 0 Å². The molecule has 5 heteroatoms. The summed E-state index contributed by atoms with van der Waals surface area (Å²) < 4.78 is 2.26. The summed E-state index contributed by atoms with van der Waals surface area (Å²) in [4.78, 5) is 10.5. The number of nitrogens with one attached hydrogen (secondary N) is 1. The Bertz CT molecular complexity index is 966. The Morgan fingerprint density at radius 2 is 2.04 bits per heavy atom. The van der Waals surface area contributed by atoms with Gasteiger partial charge in [-0.3, -0.25) is 4.68 Å². The van der Waals surface area contributed by atoms with E-state index in [-0.39, 0.29) is 0 Å². The Balaban J connectivity index is 1.61. The monoisotopic (exact) mass is 335 g/mol. The number of likely N-dealkylation sites (N-methyl/N-ethyl adjacent to an activating group) is 1. The highest BCUT2D eigenvalue weighted by Crippen LogP contribution is 2.42. The number of hydrogen-bond donors (Lipinski definition) is 1. The zero-order chi connectivity index (χ0) is 17.2. The van der Waals surface area contributed by atoms with Gasteiger partial charge >= 0.3 is 0 Å². The van der Waals surface area contributed by atoms with Crippen molar-refractivity contribution in [3.8, 4) is 11.3 Å². The average Bonchev–Trinajstić information content (AvgIpc) is 3.27. The van der Waals surface area contributed by atoms with Crippen LogP contribution in [-0.2, 0) is 12.0 Å². The molecule has 1 saturated heterocycles. The van der Waals surface area contributed by atoms with Crippen molar-refractivity contribution in [2.45, 2.75) is 45.1 Å². The van der Waals surface area contributed by atoms with E-state index in [0.29, 0.717) is 5.41 Å². The molecule has 0 saturated carbocycles. The van der Waals surface area contributed by atoms with Crippen LogP contribution in [-0.4, -0.2) is 44.8 Å². The van der Waals surface area contributed by atoms with E-state index in [4.69, 9.17) is 5.10 Å². The summed E-state index contributed by atoms with van der Waals surface area (Å²) in [6.07, 6.45) is 5.73. The van der Waals surface area contributed by atoms with Gasteiger partial charge in [0, 0.05) is 47.0 Å². The molecule has 2 aliphatic heterocycles. The first-order chi connectivity index (χ1) is 12.1. The van der Waals surface area contributed by atoms with Crippen molar-refractivity contribution in [2.75, 3.05) is 20.1 Å². The minimum absolute atomic E-state index is 0.302. The second-order valence-corrected chi connectivity index (χ2v) is 8.00. The second kappa shape index (κ2) is 5.18. The van der Waals surface area contributed by atoms with Gasteiger partial charge in [0.2, 0.25) is 0 Å². The highest BCUT2D eigenvalue weighted by Gasteiger charge is 2.42. The molecule has 0 aliphatic carbocycles. The normalized spacial score (nSPS) is 23.6. The lowest BCUT2D eigenvalue weighted by atomic mass is 9.77. The summed E-state index contributed by atoms with van der Waals surface area (Å²) in [5.74, 6) is 0. The average molecular weight is 335 g/mol. The van der Waals surface area contributed by atoms with Crippen LogP contribution in [0.25, 0.3) is 22.3 Å². The van der Waals surface area contributed by atoms with Crippen LogP contribution in [0.5, 0.6) is 0 Å². The molecule has 1 unspecified atom stereocenters. The SMILES string of the molecule is Cc1[nH]c2ncc(-c3cc4n(n3)CCCC43CCN(C)C3)cc2c1C. The summed E-state index contributed by atoms with van der Waals surface area (Å²) >= 11 is 0. The van der Waals surface area contributed by atoms with Gasteiger partial charge in [0.05, 0.1) is 5.69 Å². The number of hydrogen-bond acceptors (Lipinski definition) is 3. The minimum atomic E-state index is 0.302. The van der Waals surface area contributed by atoms with Gasteiger partial charge in [0.25, 0.3) is 0 Å². The van der Waals surface area contributed by atoms with Gasteiger partial charge in [-0.05, 0) is 64.4 Å². The number of pyridine rings is 1. The van der Waals surface area contributed by atoms with Gasteiger partial charge in [-0.25, -0.2) is 4.98 Å². The Morgan fingerprint density at radius 1 is 1.16 bits per heavy atom. The number of likely N-dealkylation sites (tertiary alicyclic amines) is 1. The van der Waals surface area contributed by atoms with Gasteiger partial charge in [0.15, 0.2) is 0 Å². The third-order valence-corrected chi connectivity index (χ3v) is 6.35. The first-order valence-corrected chi connectivity index (χ1v) is 9.28. The maximum Gasteiger partial charge on any atom is 0.137 e. The largest absolute Gasteiger partial charge is 0.343 e. The van der Waals surface area contributed by atoms with Gasteiger partial charge < -0.3 is 9.88 Å². The van der Waals surface area contributed by atoms with Crippen LogP contribution in [0.2, 0.25) is 0 Å². The summed E-state index contributed by atoms with van der Waals surface area (Å²) in [6.45, 7) is 7.65. The van der Waals surface area contributed by atoms with Crippen LogP contribution >= 0.6 is 0 Å². The quantitative estimate of drug-likeness (QED) is 0.741. The van der Waals surface area contributed by atoms with Crippen molar-refractivity contribution in [1.29, 1.82) is 0 Å². The number of aromatic nitrogens is 4. The number of rotatable bonds is 1. The fourth-order valence-electron chi connectivity index (χ4n) is 4.81. The molecule has 0 radical (unpaired) electrons. The van der Waals surface area contributed by atoms with E-state index in [1.54, 1.807) is 0 Å². The van der Waals surface area contributed by atoms with Crippen LogP contribution < -0.4 is 0 Å². The zero-order valence-corrected chi connectivity index (χ0v) is 15.3. The molecule has 0 amide bonds. The fourth-order valence-corrected chi connectivity index (χ4v) is 4.81. The molecule has 5 rings (SSSR count). The molecule has 5 nitrogen and oxygen atoms in total. The molecule has 0 aromatic carbocycles. The molecule has 1 fully saturated rings. The highest BCUT2D eigenvalue weighted by molar-refractivity contribution is 5.85. The van der Waals surface area contributed by atoms with Gasteiger partial charge in [0.1, 0.15) is 5.65 Å². The fraction of sp³-hybridized carbons (Fsp3) is 0.500. The Kier molecular flexibility index (Phi) is 3.14. The third kappa shape index (κ3) is 2.18. The van der Waals surface area contributed by atoms with E-state index in [9.17, 15) is 0 Å².